The van der Waals surface area contributed by atoms with E-state index < -0.39 is 0 Å². The molecule has 1 heterocycles. The minimum atomic E-state index is 1.23. The molecular weight excluding hydrogens is 206 g/mol. The third-order valence-electron chi connectivity index (χ3n) is 3.13. The fraction of sp³-hybridized carbons (Fsp3) is 0.125. The van der Waals surface area contributed by atoms with Crippen LogP contribution in [-0.2, 0) is 0 Å². The van der Waals surface area contributed by atoms with E-state index in [1.54, 1.807) is 0 Å². The van der Waals surface area contributed by atoms with Crippen LogP contribution in [0.4, 0.5) is 0 Å². The van der Waals surface area contributed by atoms with Crippen molar-refractivity contribution >= 4 is 10.9 Å². The van der Waals surface area contributed by atoms with Gasteiger partial charge in [-0.3, -0.25) is 0 Å². The van der Waals surface area contributed by atoms with E-state index in [9.17, 15) is 0 Å². The second-order valence-electron chi connectivity index (χ2n) is 4.59. The summed E-state index contributed by atoms with van der Waals surface area (Å²) >= 11 is 0. The number of fused-ring (bicyclic) bond motifs is 1. The topological polar surface area (TPSA) is 4.93 Å². The molecule has 0 amide bonds. The molecule has 84 valence electrons. The number of nitrogens with zero attached hydrogens (tertiary/aromatic N) is 1. The summed E-state index contributed by atoms with van der Waals surface area (Å²) in [4.78, 5) is 0. The molecule has 0 saturated carbocycles. The standard InChI is InChI=1S/C16H15N/c1-12-4-3-5-15(11-12)17-9-8-14-10-13(2)6-7-16(14)17/h3-11H,1-2H3. The first kappa shape index (κ1) is 10.2. The van der Waals surface area contributed by atoms with Gasteiger partial charge < -0.3 is 4.57 Å². The van der Waals surface area contributed by atoms with Gasteiger partial charge in [0.2, 0.25) is 0 Å². The number of aryl methyl sites for hydroxylation is 2. The second kappa shape index (κ2) is 3.77. The number of hydrogen-bond acceptors (Lipinski definition) is 0. The molecule has 1 aromatic heterocycles. The lowest BCUT2D eigenvalue weighted by Crippen LogP contribution is -1.91. The molecule has 2 aromatic carbocycles. The summed E-state index contributed by atoms with van der Waals surface area (Å²) < 4.78 is 2.24. The van der Waals surface area contributed by atoms with E-state index in [1.807, 2.05) is 0 Å². The fourth-order valence-corrected chi connectivity index (χ4v) is 2.26. The van der Waals surface area contributed by atoms with Crippen molar-refractivity contribution in [3.05, 3.63) is 65.9 Å². The zero-order valence-corrected chi connectivity index (χ0v) is 10.1. The first-order valence-electron chi connectivity index (χ1n) is 5.89. The molecule has 0 saturated heterocycles. The van der Waals surface area contributed by atoms with Gasteiger partial charge in [0.05, 0.1) is 5.52 Å². The maximum absolute atomic E-state index is 2.24. The van der Waals surface area contributed by atoms with Crippen molar-refractivity contribution in [2.24, 2.45) is 0 Å². The number of benzene rings is 2. The monoisotopic (exact) mass is 221 g/mol. The Morgan fingerprint density at radius 2 is 1.65 bits per heavy atom. The van der Waals surface area contributed by atoms with Gasteiger partial charge >= 0.3 is 0 Å². The lowest BCUT2D eigenvalue weighted by atomic mass is 10.2. The van der Waals surface area contributed by atoms with Crippen molar-refractivity contribution in [3.63, 3.8) is 0 Å². The SMILES string of the molecule is Cc1cccc(-n2ccc3cc(C)ccc32)c1. The fourth-order valence-electron chi connectivity index (χ4n) is 2.26. The van der Waals surface area contributed by atoms with Gasteiger partial charge in [0.15, 0.2) is 0 Å². The van der Waals surface area contributed by atoms with E-state index in [0.717, 1.165) is 0 Å². The Morgan fingerprint density at radius 3 is 2.47 bits per heavy atom. The van der Waals surface area contributed by atoms with Crippen molar-refractivity contribution < 1.29 is 0 Å². The molecule has 3 rings (SSSR count). The van der Waals surface area contributed by atoms with Crippen LogP contribution < -0.4 is 0 Å². The van der Waals surface area contributed by atoms with Gasteiger partial charge in [-0.1, -0.05) is 23.8 Å². The number of aromatic nitrogens is 1. The normalized spacial score (nSPS) is 10.9. The van der Waals surface area contributed by atoms with Gasteiger partial charge in [-0.2, -0.15) is 0 Å². The van der Waals surface area contributed by atoms with E-state index in [4.69, 9.17) is 0 Å². The lowest BCUT2D eigenvalue weighted by molar-refractivity contribution is 1.12. The molecule has 0 N–H and O–H groups in total. The predicted molar refractivity (Wildman–Crippen MR) is 72.7 cm³/mol. The molecule has 1 nitrogen and oxygen atoms in total. The highest BCUT2D eigenvalue weighted by Gasteiger charge is 2.02. The maximum atomic E-state index is 2.24. The highest BCUT2D eigenvalue weighted by molar-refractivity contribution is 5.82. The summed E-state index contributed by atoms with van der Waals surface area (Å²) in [5, 5.41) is 1.30. The zero-order valence-electron chi connectivity index (χ0n) is 10.1. The Hall–Kier alpha value is -2.02. The summed E-state index contributed by atoms with van der Waals surface area (Å²) in [6.45, 7) is 4.25. The smallest absolute Gasteiger partial charge is 0.0528 e. The Balaban J connectivity index is 2.24. The third-order valence-corrected chi connectivity index (χ3v) is 3.13. The summed E-state index contributed by atoms with van der Waals surface area (Å²) in [7, 11) is 0. The highest BCUT2D eigenvalue weighted by Crippen LogP contribution is 2.21. The van der Waals surface area contributed by atoms with Crippen LogP contribution >= 0.6 is 0 Å². The van der Waals surface area contributed by atoms with Crippen LogP contribution in [0.3, 0.4) is 0 Å². The van der Waals surface area contributed by atoms with Crippen molar-refractivity contribution in [2.75, 3.05) is 0 Å². The first-order chi connectivity index (χ1) is 8.24. The average molecular weight is 221 g/mol. The van der Waals surface area contributed by atoms with Crippen LogP contribution in [0.25, 0.3) is 16.6 Å². The van der Waals surface area contributed by atoms with Gasteiger partial charge in [0.1, 0.15) is 0 Å². The zero-order chi connectivity index (χ0) is 11.8. The molecule has 17 heavy (non-hydrogen) atoms. The third kappa shape index (κ3) is 1.74. The summed E-state index contributed by atoms with van der Waals surface area (Å²) in [6, 6.07) is 17.3. The van der Waals surface area contributed by atoms with Gasteiger partial charge in [-0.05, 0) is 49.7 Å². The van der Waals surface area contributed by atoms with E-state index in [2.05, 4.69) is 73.1 Å². The van der Waals surface area contributed by atoms with Crippen molar-refractivity contribution in [3.8, 4) is 5.69 Å². The lowest BCUT2D eigenvalue weighted by Gasteiger charge is -2.06. The van der Waals surface area contributed by atoms with E-state index >= 15 is 0 Å². The maximum Gasteiger partial charge on any atom is 0.0528 e. The van der Waals surface area contributed by atoms with Crippen molar-refractivity contribution in [1.29, 1.82) is 0 Å². The van der Waals surface area contributed by atoms with E-state index in [1.165, 1.54) is 27.7 Å². The molecule has 3 aromatic rings. The molecule has 0 aliphatic carbocycles. The molecule has 0 unspecified atom stereocenters. The Bertz CT molecular complexity index is 677. The van der Waals surface area contributed by atoms with Crippen molar-refractivity contribution in [1.82, 2.24) is 4.57 Å². The van der Waals surface area contributed by atoms with Crippen LogP contribution in [0.2, 0.25) is 0 Å². The minimum absolute atomic E-state index is 1.23. The van der Waals surface area contributed by atoms with Gasteiger partial charge in [-0.25, -0.2) is 0 Å². The Kier molecular flexibility index (Phi) is 2.25. The second-order valence-corrected chi connectivity index (χ2v) is 4.59. The van der Waals surface area contributed by atoms with Crippen LogP contribution in [0, 0.1) is 13.8 Å². The molecule has 0 aliphatic heterocycles. The van der Waals surface area contributed by atoms with Gasteiger partial charge in [0.25, 0.3) is 0 Å². The Labute approximate surface area is 101 Å². The highest BCUT2D eigenvalue weighted by atomic mass is 15.0. The van der Waals surface area contributed by atoms with Gasteiger partial charge in [-0.15, -0.1) is 0 Å². The summed E-state index contributed by atoms with van der Waals surface area (Å²) in [5.74, 6) is 0. The molecule has 0 fully saturated rings. The Morgan fingerprint density at radius 1 is 0.824 bits per heavy atom. The molecule has 0 aliphatic rings. The minimum Gasteiger partial charge on any atom is -0.317 e. The summed E-state index contributed by atoms with van der Waals surface area (Å²) in [6.07, 6.45) is 2.14. The van der Waals surface area contributed by atoms with Gasteiger partial charge in [0, 0.05) is 17.3 Å². The van der Waals surface area contributed by atoms with E-state index in [-0.39, 0.29) is 0 Å². The van der Waals surface area contributed by atoms with Crippen LogP contribution in [0.1, 0.15) is 11.1 Å². The largest absolute Gasteiger partial charge is 0.317 e. The molecule has 0 spiro atoms. The van der Waals surface area contributed by atoms with Crippen LogP contribution in [0.5, 0.6) is 0 Å². The van der Waals surface area contributed by atoms with Crippen LogP contribution in [-0.4, -0.2) is 4.57 Å². The van der Waals surface area contributed by atoms with Crippen molar-refractivity contribution in [2.45, 2.75) is 13.8 Å². The van der Waals surface area contributed by atoms with E-state index in [0.29, 0.717) is 0 Å². The molecule has 0 radical (unpaired) electrons. The number of rotatable bonds is 1. The van der Waals surface area contributed by atoms with Crippen LogP contribution in [0.15, 0.2) is 54.7 Å². The molecular formula is C16H15N. The molecule has 0 atom stereocenters. The first-order valence-corrected chi connectivity index (χ1v) is 5.89. The summed E-state index contributed by atoms with van der Waals surface area (Å²) in [5.41, 5.74) is 5.08. The molecule has 0 bridgehead atoms. The number of hydrogen-bond donors (Lipinski definition) is 0. The quantitative estimate of drug-likeness (QED) is 0.579. The predicted octanol–water partition coefficient (Wildman–Crippen LogP) is 4.25. The average Bonchev–Trinajstić information content (AvgIpc) is 2.71. The molecule has 1 heteroatoms.